The number of methoxy groups -OCH3 is 3. The largest absolute Gasteiger partial charge is 0.497 e. The van der Waals surface area contributed by atoms with Gasteiger partial charge >= 0.3 is 0 Å². The lowest BCUT2D eigenvalue weighted by Crippen LogP contribution is -2.30. The van der Waals surface area contributed by atoms with E-state index in [0.717, 1.165) is 17.2 Å². The zero-order valence-corrected chi connectivity index (χ0v) is 11.8. The second-order valence-corrected chi connectivity index (χ2v) is 4.55. The van der Waals surface area contributed by atoms with Crippen LogP contribution in [-0.4, -0.2) is 34.0 Å². The first-order valence-corrected chi connectivity index (χ1v) is 6.09. The zero-order chi connectivity index (χ0) is 13.5. The van der Waals surface area contributed by atoms with Crippen LogP contribution in [0.25, 0.3) is 0 Å². The van der Waals surface area contributed by atoms with Gasteiger partial charge in [0.05, 0.1) is 26.9 Å². The van der Waals surface area contributed by atoms with E-state index in [-0.39, 0.29) is 6.04 Å². The number of nitrogens with one attached hydrogen (secondary N) is 1. The number of hydrogen-bond donors (Lipinski definition) is 1. The minimum atomic E-state index is 0.256. The molecule has 1 rings (SSSR count). The second kappa shape index (κ2) is 7.11. The van der Waals surface area contributed by atoms with Gasteiger partial charge in [-0.1, -0.05) is 13.8 Å². The molecular weight excluding hydrogens is 230 g/mol. The molecule has 1 atom stereocenters. The third kappa shape index (κ3) is 4.11. The molecule has 0 spiro atoms. The van der Waals surface area contributed by atoms with Gasteiger partial charge in [0.15, 0.2) is 0 Å². The van der Waals surface area contributed by atoms with E-state index >= 15 is 0 Å². The van der Waals surface area contributed by atoms with Crippen molar-refractivity contribution >= 4 is 5.69 Å². The van der Waals surface area contributed by atoms with Crippen LogP contribution in [0, 0.1) is 5.92 Å². The summed E-state index contributed by atoms with van der Waals surface area (Å²) in [6.07, 6.45) is 0. The van der Waals surface area contributed by atoms with E-state index in [1.165, 1.54) is 0 Å². The van der Waals surface area contributed by atoms with Crippen LogP contribution in [0.4, 0.5) is 5.69 Å². The molecule has 0 aliphatic heterocycles. The van der Waals surface area contributed by atoms with Crippen LogP contribution < -0.4 is 14.8 Å². The first kappa shape index (κ1) is 14.6. The predicted octanol–water partition coefficient (Wildman–Crippen LogP) is 2.79. The molecule has 18 heavy (non-hydrogen) atoms. The van der Waals surface area contributed by atoms with E-state index in [1.54, 1.807) is 21.3 Å². The Morgan fingerprint density at radius 3 is 1.94 bits per heavy atom. The molecule has 4 nitrogen and oxygen atoms in total. The summed E-state index contributed by atoms with van der Waals surface area (Å²) in [4.78, 5) is 0. The maximum absolute atomic E-state index is 5.25. The third-order valence-corrected chi connectivity index (χ3v) is 2.85. The van der Waals surface area contributed by atoms with Crippen molar-refractivity contribution in [2.45, 2.75) is 19.9 Å². The molecule has 0 saturated heterocycles. The van der Waals surface area contributed by atoms with E-state index in [9.17, 15) is 0 Å². The van der Waals surface area contributed by atoms with E-state index < -0.39 is 0 Å². The number of ether oxygens (including phenoxy) is 3. The maximum atomic E-state index is 5.25. The molecule has 1 unspecified atom stereocenters. The summed E-state index contributed by atoms with van der Waals surface area (Å²) < 4.78 is 15.7. The van der Waals surface area contributed by atoms with E-state index in [4.69, 9.17) is 14.2 Å². The van der Waals surface area contributed by atoms with Gasteiger partial charge in [-0.3, -0.25) is 0 Å². The quantitative estimate of drug-likeness (QED) is 0.811. The van der Waals surface area contributed by atoms with Crippen LogP contribution in [-0.2, 0) is 4.74 Å². The summed E-state index contributed by atoms with van der Waals surface area (Å²) in [6.45, 7) is 4.99. The lowest BCUT2D eigenvalue weighted by atomic mass is 10.0. The van der Waals surface area contributed by atoms with Gasteiger partial charge in [-0.25, -0.2) is 0 Å². The second-order valence-electron chi connectivity index (χ2n) is 4.55. The van der Waals surface area contributed by atoms with Crippen molar-refractivity contribution in [3.8, 4) is 11.5 Å². The van der Waals surface area contributed by atoms with E-state index in [0.29, 0.717) is 12.5 Å². The fraction of sp³-hybridized carbons (Fsp3) is 0.571. The Morgan fingerprint density at radius 2 is 1.56 bits per heavy atom. The van der Waals surface area contributed by atoms with Crippen LogP contribution in [0.2, 0.25) is 0 Å². The number of benzene rings is 1. The molecule has 0 fully saturated rings. The fourth-order valence-corrected chi connectivity index (χ4v) is 1.69. The van der Waals surface area contributed by atoms with Gasteiger partial charge in [0.2, 0.25) is 0 Å². The monoisotopic (exact) mass is 253 g/mol. The Labute approximate surface area is 109 Å². The SMILES string of the molecule is COCC(Nc1cc(OC)cc(OC)c1)C(C)C. The highest BCUT2D eigenvalue weighted by molar-refractivity contribution is 5.54. The Kier molecular flexibility index (Phi) is 5.78. The van der Waals surface area contributed by atoms with Crippen molar-refractivity contribution in [3.05, 3.63) is 18.2 Å². The Morgan fingerprint density at radius 1 is 1.00 bits per heavy atom. The Hall–Kier alpha value is -1.42. The molecule has 1 aromatic carbocycles. The van der Waals surface area contributed by atoms with Crippen LogP contribution in [0.5, 0.6) is 11.5 Å². The van der Waals surface area contributed by atoms with Crippen LogP contribution in [0.3, 0.4) is 0 Å². The molecule has 0 bridgehead atoms. The van der Waals surface area contributed by atoms with Crippen molar-refractivity contribution in [2.75, 3.05) is 33.3 Å². The van der Waals surface area contributed by atoms with Crippen molar-refractivity contribution in [2.24, 2.45) is 5.92 Å². The average molecular weight is 253 g/mol. The van der Waals surface area contributed by atoms with E-state index in [2.05, 4.69) is 19.2 Å². The summed E-state index contributed by atoms with van der Waals surface area (Å²) >= 11 is 0. The molecule has 0 aromatic heterocycles. The summed E-state index contributed by atoms with van der Waals surface area (Å²) in [5.74, 6) is 2.02. The number of anilines is 1. The zero-order valence-electron chi connectivity index (χ0n) is 11.8. The summed E-state index contributed by atoms with van der Waals surface area (Å²) in [6, 6.07) is 6.01. The normalized spacial score (nSPS) is 12.3. The molecule has 4 heteroatoms. The van der Waals surface area contributed by atoms with Crippen molar-refractivity contribution in [3.63, 3.8) is 0 Å². The van der Waals surface area contributed by atoms with Gasteiger partial charge < -0.3 is 19.5 Å². The van der Waals surface area contributed by atoms with Crippen molar-refractivity contribution in [1.29, 1.82) is 0 Å². The minimum Gasteiger partial charge on any atom is -0.497 e. The molecule has 0 saturated carbocycles. The van der Waals surface area contributed by atoms with Gasteiger partial charge in [-0.15, -0.1) is 0 Å². The molecule has 0 aliphatic rings. The molecule has 1 N–H and O–H groups in total. The highest BCUT2D eigenvalue weighted by atomic mass is 16.5. The average Bonchev–Trinajstić information content (AvgIpc) is 2.37. The van der Waals surface area contributed by atoms with Gasteiger partial charge in [0, 0.05) is 31.0 Å². The smallest absolute Gasteiger partial charge is 0.124 e. The highest BCUT2D eigenvalue weighted by Gasteiger charge is 2.13. The van der Waals surface area contributed by atoms with Crippen LogP contribution in [0.15, 0.2) is 18.2 Å². The third-order valence-electron chi connectivity index (χ3n) is 2.85. The van der Waals surface area contributed by atoms with Crippen molar-refractivity contribution in [1.82, 2.24) is 0 Å². The highest BCUT2D eigenvalue weighted by Crippen LogP contribution is 2.26. The molecule has 0 aliphatic carbocycles. The summed E-state index contributed by atoms with van der Waals surface area (Å²) in [5.41, 5.74) is 0.974. The van der Waals surface area contributed by atoms with Gasteiger partial charge in [0.1, 0.15) is 11.5 Å². The summed E-state index contributed by atoms with van der Waals surface area (Å²) in [5, 5.41) is 3.44. The maximum Gasteiger partial charge on any atom is 0.124 e. The van der Waals surface area contributed by atoms with E-state index in [1.807, 2.05) is 18.2 Å². The topological polar surface area (TPSA) is 39.7 Å². The molecule has 0 amide bonds. The Bertz CT molecular complexity index is 344. The molecule has 102 valence electrons. The van der Waals surface area contributed by atoms with Gasteiger partial charge in [-0.05, 0) is 5.92 Å². The molecule has 1 aromatic rings. The molecule has 0 heterocycles. The Balaban J connectivity index is 2.87. The first-order valence-electron chi connectivity index (χ1n) is 6.09. The molecular formula is C14H23NO3. The summed E-state index contributed by atoms with van der Waals surface area (Å²) in [7, 11) is 5.00. The van der Waals surface area contributed by atoms with Crippen LogP contribution >= 0.6 is 0 Å². The lowest BCUT2D eigenvalue weighted by molar-refractivity contribution is 0.171. The lowest BCUT2D eigenvalue weighted by Gasteiger charge is -2.23. The number of hydrogen-bond acceptors (Lipinski definition) is 4. The first-order chi connectivity index (χ1) is 8.60. The van der Waals surface area contributed by atoms with Gasteiger partial charge in [-0.2, -0.15) is 0 Å². The number of rotatable bonds is 7. The fourth-order valence-electron chi connectivity index (χ4n) is 1.69. The minimum absolute atomic E-state index is 0.256. The predicted molar refractivity (Wildman–Crippen MR) is 73.7 cm³/mol. The van der Waals surface area contributed by atoms with Gasteiger partial charge in [0.25, 0.3) is 0 Å². The standard InChI is InChI=1S/C14H23NO3/c1-10(2)14(9-16-3)15-11-6-12(17-4)8-13(7-11)18-5/h6-8,10,14-15H,9H2,1-5H3. The molecule has 0 radical (unpaired) electrons. The van der Waals surface area contributed by atoms with Crippen LogP contribution in [0.1, 0.15) is 13.8 Å². The van der Waals surface area contributed by atoms with Crippen molar-refractivity contribution < 1.29 is 14.2 Å².